The number of nitriles is 1. The molecule has 6 heteroatoms. The second-order valence-electron chi connectivity index (χ2n) is 4.49. The highest BCUT2D eigenvalue weighted by molar-refractivity contribution is 7.17. The van der Waals surface area contributed by atoms with Crippen LogP contribution in [-0.4, -0.2) is 11.1 Å². The van der Waals surface area contributed by atoms with E-state index in [9.17, 15) is 4.79 Å². The molecule has 0 fully saturated rings. The standard InChI is InChI=1S/C16H11N3O2S/c17-9-12-8-14-13(6-7-22-14)18-15(12)19-16(20)21-10-11-4-2-1-3-5-11/h1-8H,10H2,(H,18,19,20). The third-order valence-electron chi connectivity index (χ3n) is 2.99. The lowest BCUT2D eigenvalue weighted by Crippen LogP contribution is -2.15. The first kappa shape index (κ1) is 14.0. The minimum absolute atomic E-state index is 0.162. The van der Waals surface area contributed by atoms with E-state index >= 15 is 0 Å². The van der Waals surface area contributed by atoms with Gasteiger partial charge in [-0.05, 0) is 23.1 Å². The number of anilines is 1. The van der Waals surface area contributed by atoms with Crippen molar-refractivity contribution in [1.29, 1.82) is 5.26 Å². The normalized spacial score (nSPS) is 10.1. The summed E-state index contributed by atoms with van der Waals surface area (Å²) in [5.74, 6) is 0.214. The first-order valence-corrected chi connectivity index (χ1v) is 7.40. The van der Waals surface area contributed by atoms with Crippen molar-refractivity contribution in [3.05, 3.63) is 59.0 Å². The number of rotatable bonds is 3. The van der Waals surface area contributed by atoms with Crippen molar-refractivity contribution in [3.8, 4) is 6.07 Å². The van der Waals surface area contributed by atoms with Gasteiger partial charge in [0.15, 0.2) is 5.82 Å². The summed E-state index contributed by atoms with van der Waals surface area (Å²) in [6.07, 6.45) is -0.637. The zero-order chi connectivity index (χ0) is 15.4. The Morgan fingerprint density at radius 3 is 2.91 bits per heavy atom. The minimum Gasteiger partial charge on any atom is -0.444 e. The fraction of sp³-hybridized carbons (Fsp3) is 0.0625. The Morgan fingerprint density at radius 2 is 2.14 bits per heavy atom. The number of nitrogens with zero attached hydrogens (tertiary/aromatic N) is 2. The smallest absolute Gasteiger partial charge is 0.413 e. The lowest BCUT2D eigenvalue weighted by atomic mass is 10.2. The Balaban J connectivity index is 1.72. The highest BCUT2D eigenvalue weighted by atomic mass is 32.1. The third-order valence-corrected chi connectivity index (χ3v) is 3.84. The summed E-state index contributed by atoms with van der Waals surface area (Å²) in [7, 11) is 0. The van der Waals surface area contributed by atoms with Gasteiger partial charge in [0.25, 0.3) is 0 Å². The van der Waals surface area contributed by atoms with Crippen molar-refractivity contribution in [2.75, 3.05) is 5.32 Å². The van der Waals surface area contributed by atoms with Gasteiger partial charge in [-0.25, -0.2) is 9.78 Å². The van der Waals surface area contributed by atoms with Crippen molar-refractivity contribution in [2.24, 2.45) is 0 Å². The topological polar surface area (TPSA) is 75.0 Å². The summed E-state index contributed by atoms with van der Waals surface area (Å²) >= 11 is 1.49. The number of nitrogens with one attached hydrogen (secondary N) is 1. The molecule has 108 valence electrons. The van der Waals surface area contributed by atoms with Gasteiger partial charge in [-0.15, -0.1) is 11.3 Å². The monoisotopic (exact) mass is 309 g/mol. The van der Waals surface area contributed by atoms with Crippen LogP contribution in [0.5, 0.6) is 0 Å². The van der Waals surface area contributed by atoms with Gasteiger partial charge in [0.05, 0.1) is 15.8 Å². The van der Waals surface area contributed by atoms with Crippen LogP contribution in [0, 0.1) is 11.3 Å². The SMILES string of the molecule is N#Cc1cc2sccc2nc1NC(=O)OCc1ccccc1. The number of amides is 1. The maximum atomic E-state index is 11.8. The van der Waals surface area contributed by atoms with Gasteiger partial charge in [-0.3, -0.25) is 5.32 Å². The molecule has 3 rings (SSSR count). The molecule has 1 N–H and O–H groups in total. The maximum Gasteiger partial charge on any atom is 0.413 e. The van der Waals surface area contributed by atoms with Gasteiger partial charge in [0, 0.05) is 0 Å². The van der Waals surface area contributed by atoms with E-state index in [-0.39, 0.29) is 12.4 Å². The molecule has 0 atom stereocenters. The predicted octanol–water partition coefficient (Wildman–Crippen LogP) is 3.92. The molecule has 0 aliphatic carbocycles. The number of carbonyl (C=O) groups excluding carboxylic acids is 1. The van der Waals surface area contributed by atoms with E-state index < -0.39 is 6.09 Å². The van der Waals surface area contributed by atoms with E-state index in [1.165, 1.54) is 11.3 Å². The van der Waals surface area contributed by atoms with Gasteiger partial charge < -0.3 is 4.74 Å². The largest absolute Gasteiger partial charge is 0.444 e. The summed E-state index contributed by atoms with van der Waals surface area (Å²) in [4.78, 5) is 16.1. The number of thiophene rings is 1. The summed E-state index contributed by atoms with van der Waals surface area (Å²) in [6, 6.07) is 14.9. The van der Waals surface area contributed by atoms with Crippen LogP contribution in [0.25, 0.3) is 10.2 Å². The van der Waals surface area contributed by atoms with Crippen LogP contribution < -0.4 is 5.32 Å². The molecule has 0 radical (unpaired) electrons. The molecule has 0 spiro atoms. The third kappa shape index (κ3) is 3.05. The van der Waals surface area contributed by atoms with E-state index in [0.29, 0.717) is 5.56 Å². The highest BCUT2D eigenvalue weighted by Crippen LogP contribution is 2.24. The lowest BCUT2D eigenvalue weighted by molar-refractivity contribution is 0.155. The zero-order valence-electron chi connectivity index (χ0n) is 11.4. The average Bonchev–Trinajstić information content (AvgIpc) is 3.00. The molecule has 0 unspecified atom stereocenters. The fourth-order valence-corrected chi connectivity index (χ4v) is 2.69. The van der Waals surface area contributed by atoms with Gasteiger partial charge in [-0.1, -0.05) is 30.3 Å². The van der Waals surface area contributed by atoms with Crippen LogP contribution in [0.3, 0.4) is 0 Å². The van der Waals surface area contributed by atoms with Crippen LogP contribution in [0.1, 0.15) is 11.1 Å². The molecule has 0 bridgehead atoms. The highest BCUT2D eigenvalue weighted by Gasteiger charge is 2.11. The summed E-state index contributed by atoms with van der Waals surface area (Å²) < 4.78 is 6.03. The molecule has 1 aromatic carbocycles. The molecule has 1 amide bonds. The van der Waals surface area contributed by atoms with Crippen LogP contribution in [-0.2, 0) is 11.3 Å². The molecule has 0 saturated heterocycles. The van der Waals surface area contributed by atoms with Crippen LogP contribution in [0.4, 0.5) is 10.6 Å². The average molecular weight is 309 g/mol. The zero-order valence-corrected chi connectivity index (χ0v) is 12.3. The van der Waals surface area contributed by atoms with Crippen LogP contribution in [0.15, 0.2) is 47.8 Å². The Morgan fingerprint density at radius 1 is 1.32 bits per heavy atom. The fourth-order valence-electron chi connectivity index (χ4n) is 1.93. The molecule has 22 heavy (non-hydrogen) atoms. The summed E-state index contributed by atoms with van der Waals surface area (Å²) in [5, 5.41) is 13.6. The number of fused-ring (bicyclic) bond motifs is 1. The Bertz CT molecular complexity index is 853. The maximum absolute atomic E-state index is 11.8. The molecule has 3 aromatic rings. The van der Waals surface area contributed by atoms with Gasteiger partial charge in [-0.2, -0.15) is 5.26 Å². The Kier molecular flexibility index (Phi) is 3.99. The van der Waals surface area contributed by atoms with Crippen molar-refractivity contribution in [2.45, 2.75) is 6.61 Å². The molecule has 2 heterocycles. The molecule has 0 saturated carbocycles. The van der Waals surface area contributed by atoms with Crippen molar-refractivity contribution in [1.82, 2.24) is 4.98 Å². The molecular weight excluding hydrogens is 298 g/mol. The quantitative estimate of drug-likeness (QED) is 0.795. The van der Waals surface area contributed by atoms with Gasteiger partial charge in [0.2, 0.25) is 0 Å². The van der Waals surface area contributed by atoms with Gasteiger partial charge in [0.1, 0.15) is 12.7 Å². The van der Waals surface area contributed by atoms with Crippen LogP contribution in [0.2, 0.25) is 0 Å². The number of pyridine rings is 1. The molecule has 0 aliphatic rings. The minimum atomic E-state index is -0.637. The molecule has 2 aromatic heterocycles. The second-order valence-corrected chi connectivity index (χ2v) is 5.43. The Labute approximate surface area is 130 Å². The number of benzene rings is 1. The van der Waals surface area contributed by atoms with Crippen molar-refractivity contribution >= 4 is 33.5 Å². The lowest BCUT2D eigenvalue weighted by Gasteiger charge is -2.08. The number of hydrogen-bond donors (Lipinski definition) is 1. The second kappa shape index (κ2) is 6.24. The predicted molar refractivity (Wildman–Crippen MR) is 84.6 cm³/mol. The van der Waals surface area contributed by atoms with E-state index in [1.54, 1.807) is 6.07 Å². The number of aromatic nitrogens is 1. The first-order valence-electron chi connectivity index (χ1n) is 6.52. The summed E-state index contributed by atoms with van der Waals surface area (Å²) in [6.45, 7) is 0.162. The molecule has 0 aliphatic heterocycles. The molecular formula is C16H11N3O2S. The van der Waals surface area contributed by atoms with Crippen LogP contribution >= 0.6 is 11.3 Å². The van der Waals surface area contributed by atoms with E-state index in [4.69, 9.17) is 10.00 Å². The first-order chi connectivity index (χ1) is 10.8. The van der Waals surface area contributed by atoms with Gasteiger partial charge >= 0.3 is 6.09 Å². The number of hydrogen-bond acceptors (Lipinski definition) is 5. The van der Waals surface area contributed by atoms with E-state index in [0.717, 1.165) is 15.8 Å². The van der Waals surface area contributed by atoms with Crippen molar-refractivity contribution in [3.63, 3.8) is 0 Å². The van der Waals surface area contributed by atoms with Crippen molar-refractivity contribution < 1.29 is 9.53 Å². The Hall–Kier alpha value is -2.91. The van der Waals surface area contributed by atoms with E-state index in [2.05, 4.69) is 10.3 Å². The summed E-state index contributed by atoms with van der Waals surface area (Å²) in [5.41, 5.74) is 1.94. The van der Waals surface area contributed by atoms with E-state index in [1.807, 2.05) is 47.8 Å². The number of ether oxygens (including phenoxy) is 1. The number of carbonyl (C=O) groups is 1. The molecule has 5 nitrogen and oxygen atoms in total.